The minimum Gasteiger partial charge on any atom is -0.308 e. The Morgan fingerprint density at radius 2 is 2.04 bits per heavy atom. The van der Waals surface area contributed by atoms with Crippen LogP contribution in [-0.4, -0.2) is 32.2 Å². The van der Waals surface area contributed by atoms with Crippen LogP contribution in [0.5, 0.6) is 0 Å². The second kappa shape index (κ2) is 8.33. The molecule has 0 aliphatic heterocycles. The molecule has 26 heavy (non-hydrogen) atoms. The summed E-state index contributed by atoms with van der Waals surface area (Å²) in [5, 5.41) is 4.34. The van der Waals surface area contributed by atoms with Crippen molar-refractivity contribution in [3.05, 3.63) is 66.0 Å². The van der Waals surface area contributed by atoms with Gasteiger partial charge in [-0.1, -0.05) is 11.6 Å². The number of nitrogens with zero attached hydrogens (tertiary/aromatic N) is 5. The summed E-state index contributed by atoms with van der Waals surface area (Å²) in [7, 11) is 0. The fourth-order valence-electron chi connectivity index (χ4n) is 2.61. The van der Waals surface area contributed by atoms with Crippen LogP contribution >= 0.6 is 24.2 Å². The highest BCUT2D eigenvalue weighted by Crippen LogP contribution is 2.29. The van der Waals surface area contributed by atoms with Gasteiger partial charge in [-0.3, -0.25) is 14.8 Å². The molecule has 0 saturated heterocycles. The predicted molar refractivity (Wildman–Crippen MR) is 105 cm³/mol. The molecule has 6 nitrogen and oxygen atoms in total. The lowest BCUT2D eigenvalue weighted by Gasteiger charge is -2.21. The predicted octanol–water partition coefficient (Wildman–Crippen LogP) is 3.73. The molecule has 0 fully saturated rings. The highest BCUT2D eigenvalue weighted by Gasteiger charge is 2.22. The van der Waals surface area contributed by atoms with E-state index < -0.39 is 0 Å². The lowest BCUT2D eigenvalue weighted by Crippen LogP contribution is -2.31. The lowest BCUT2D eigenvalue weighted by molar-refractivity contribution is -0.118. The first kappa shape index (κ1) is 18.4. The number of hydrogen-bond donors (Lipinski definition) is 1. The van der Waals surface area contributed by atoms with Crippen molar-refractivity contribution in [2.45, 2.75) is 18.6 Å². The number of thiol groups is 1. The van der Waals surface area contributed by atoms with Gasteiger partial charge in [0.05, 0.1) is 18.1 Å². The Kier molecular flexibility index (Phi) is 5.90. The molecular formula is C18H18ClN5OS. The van der Waals surface area contributed by atoms with Crippen LogP contribution in [0.1, 0.15) is 24.2 Å². The third-order valence-electron chi connectivity index (χ3n) is 3.93. The molecule has 0 radical (unpaired) electrons. The van der Waals surface area contributed by atoms with Gasteiger partial charge in [0.2, 0.25) is 5.91 Å². The number of carbonyl (C=O) groups is 1. The van der Waals surface area contributed by atoms with Crippen LogP contribution in [-0.2, 0) is 4.79 Å². The van der Waals surface area contributed by atoms with Crippen LogP contribution in [0.2, 0.25) is 5.15 Å². The molecule has 3 heterocycles. The molecule has 0 saturated carbocycles. The van der Waals surface area contributed by atoms with Gasteiger partial charge >= 0.3 is 0 Å². The maximum atomic E-state index is 12.8. The van der Waals surface area contributed by atoms with E-state index in [1.807, 2.05) is 31.2 Å². The minimum atomic E-state index is -0.216. The molecule has 3 aromatic rings. The van der Waals surface area contributed by atoms with E-state index in [1.54, 1.807) is 40.6 Å². The Labute approximate surface area is 162 Å². The first-order chi connectivity index (χ1) is 12.6. The second-order valence-corrected chi connectivity index (χ2v) is 6.58. The Hall–Kier alpha value is -2.38. The highest BCUT2D eigenvalue weighted by molar-refractivity contribution is 7.80. The molecule has 0 aliphatic carbocycles. The maximum Gasteiger partial charge on any atom is 0.228 e. The molecule has 0 aliphatic rings. The van der Waals surface area contributed by atoms with Crippen molar-refractivity contribution in [1.29, 1.82) is 0 Å². The average Bonchev–Trinajstić information content (AvgIpc) is 3.05. The van der Waals surface area contributed by atoms with Crippen molar-refractivity contribution in [2.75, 3.05) is 11.4 Å². The number of pyridine rings is 2. The quantitative estimate of drug-likeness (QED) is 0.654. The summed E-state index contributed by atoms with van der Waals surface area (Å²) in [6, 6.07) is 7.39. The van der Waals surface area contributed by atoms with Crippen LogP contribution in [0, 0.1) is 0 Å². The number of aromatic nitrogens is 4. The molecule has 8 heteroatoms. The third kappa shape index (κ3) is 4.05. The van der Waals surface area contributed by atoms with Crippen molar-refractivity contribution in [2.24, 2.45) is 0 Å². The average molecular weight is 388 g/mol. The van der Waals surface area contributed by atoms with E-state index in [2.05, 4.69) is 27.7 Å². The van der Waals surface area contributed by atoms with Gasteiger partial charge in [0.25, 0.3) is 0 Å². The zero-order valence-electron chi connectivity index (χ0n) is 14.2. The van der Waals surface area contributed by atoms with Crippen molar-refractivity contribution in [3.8, 4) is 5.69 Å². The van der Waals surface area contributed by atoms with Gasteiger partial charge in [-0.15, -0.1) is 0 Å². The van der Waals surface area contributed by atoms with Crippen molar-refractivity contribution >= 4 is 35.8 Å². The molecule has 1 atom stereocenters. The molecule has 0 spiro atoms. The molecule has 0 aromatic carbocycles. The number of rotatable bonds is 6. The van der Waals surface area contributed by atoms with Gasteiger partial charge in [0.15, 0.2) is 5.15 Å². The summed E-state index contributed by atoms with van der Waals surface area (Å²) in [5.74, 6) is -0.0723. The van der Waals surface area contributed by atoms with Crippen LogP contribution in [0.4, 0.5) is 5.69 Å². The molecule has 3 rings (SSSR count). The number of amides is 1. The molecule has 0 N–H and O–H groups in total. The lowest BCUT2D eigenvalue weighted by atomic mass is 10.1. The van der Waals surface area contributed by atoms with Gasteiger partial charge in [-0.2, -0.15) is 17.7 Å². The van der Waals surface area contributed by atoms with E-state index in [4.69, 9.17) is 11.6 Å². The third-order valence-corrected chi connectivity index (χ3v) is 4.68. The summed E-state index contributed by atoms with van der Waals surface area (Å²) < 4.78 is 1.61. The molecule has 134 valence electrons. The zero-order chi connectivity index (χ0) is 18.5. The second-order valence-electron chi connectivity index (χ2n) is 5.60. The van der Waals surface area contributed by atoms with E-state index in [1.165, 1.54) is 0 Å². The summed E-state index contributed by atoms with van der Waals surface area (Å²) >= 11 is 10.8. The fourth-order valence-corrected chi connectivity index (χ4v) is 3.17. The van der Waals surface area contributed by atoms with E-state index in [-0.39, 0.29) is 22.7 Å². The SMILES string of the molecule is CCN(C(=O)CC(S)c1ccncc1)c1cn(-c2cccnc2)nc1Cl. The number of halogens is 1. The minimum absolute atomic E-state index is 0.0723. The summed E-state index contributed by atoms with van der Waals surface area (Å²) in [4.78, 5) is 22.5. The fraction of sp³-hybridized carbons (Fsp3) is 0.222. The van der Waals surface area contributed by atoms with Crippen LogP contribution in [0.3, 0.4) is 0 Å². The van der Waals surface area contributed by atoms with Crippen molar-refractivity contribution < 1.29 is 4.79 Å². The van der Waals surface area contributed by atoms with Gasteiger partial charge in [0.1, 0.15) is 5.69 Å². The van der Waals surface area contributed by atoms with Gasteiger partial charge in [-0.05, 0) is 36.8 Å². The summed E-state index contributed by atoms with van der Waals surface area (Å²) in [5.41, 5.74) is 2.29. The molecular weight excluding hydrogens is 370 g/mol. The Balaban J connectivity index is 1.80. The summed E-state index contributed by atoms with van der Waals surface area (Å²) in [6.45, 7) is 2.38. The zero-order valence-corrected chi connectivity index (χ0v) is 15.8. The molecule has 3 aromatic heterocycles. The van der Waals surface area contributed by atoms with Gasteiger partial charge in [-0.25, -0.2) is 4.68 Å². The smallest absolute Gasteiger partial charge is 0.228 e. The van der Waals surface area contributed by atoms with E-state index in [9.17, 15) is 4.79 Å². The van der Waals surface area contributed by atoms with Crippen molar-refractivity contribution in [3.63, 3.8) is 0 Å². The topological polar surface area (TPSA) is 63.9 Å². The van der Waals surface area contributed by atoms with Gasteiger partial charge < -0.3 is 4.90 Å². The maximum absolute atomic E-state index is 12.8. The van der Waals surface area contributed by atoms with Crippen molar-refractivity contribution in [1.82, 2.24) is 19.7 Å². The number of carbonyl (C=O) groups excluding carboxylic acids is 1. The first-order valence-electron chi connectivity index (χ1n) is 8.14. The largest absolute Gasteiger partial charge is 0.308 e. The number of hydrogen-bond acceptors (Lipinski definition) is 5. The van der Waals surface area contributed by atoms with E-state index in [0.29, 0.717) is 12.2 Å². The monoisotopic (exact) mass is 387 g/mol. The normalized spacial score (nSPS) is 12.0. The molecule has 1 unspecified atom stereocenters. The van der Waals surface area contributed by atoms with Crippen LogP contribution in [0.15, 0.2) is 55.2 Å². The standard InChI is InChI=1S/C18H18ClN5OS/c1-2-23(17(25)10-16(26)13-5-8-20-9-6-13)15-12-24(22-18(15)19)14-4-3-7-21-11-14/h3-9,11-12,16,26H,2,10H2,1H3. The van der Waals surface area contributed by atoms with Crippen LogP contribution in [0.25, 0.3) is 5.69 Å². The van der Waals surface area contributed by atoms with E-state index in [0.717, 1.165) is 11.3 Å². The highest BCUT2D eigenvalue weighted by atomic mass is 35.5. The Morgan fingerprint density at radius 1 is 1.27 bits per heavy atom. The number of anilines is 1. The Morgan fingerprint density at radius 3 is 2.69 bits per heavy atom. The van der Waals surface area contributed by atoms with Crippen LogP contribution < -0.4 is 4.90 Å². The molecule has 0 bridgehead atoms. The molecule has 1 amide bonds. The van der Waals surface area contributed by atoms with E-state index >= 15 is 0 Å². The summed E-state index contributed by atoms with van der Waals surface area (Å²) in [6.07, 6.45) is 8.72. The first-order valence-corrected chi connectivity index (χ1v) is 9.03. The Bertz CT molecular complexity index is 872. The van der Waals surface area contributed by atoms with Gasteiger partial charge in [0, 0.05) is 36.8 Å².